The fourth-order valence-corrected chi connectivity index (χ4v) is 2.65. The van der Waals surface area contributed by atoms with Crippen molar-refractivity contribution in [3.8, 4) is 0 Å². The van der Waals surface area contributed by atoms with Crippen LogP contribution in [-0.2, 0) is 16.1 Å². The van der Waals surface area contributed by atoms with E-state index in [1.54, 1.807) is 7.11 Å². The van der Waals surface area contributed by atoms with Gasteiger partial charge in [-0.25, -0.2) is 0 Å². The number of ether oxygens (including phenoxy) is 1. The van der Waals surface area contributed by atoms with E-state index >= 15 is 0 Å². The largest absolute Gasteiger partial charge is 0.380 e. The topological polar surface area (TPSA) is 64.3 Å². The number of carbonyl (C=O) groups excluding carboxylic acids is 1. The average molecular weight is 262 g/mol. The SMILES string of the molecule is COCc1cccc(NC(=O)C2(C)CCCC2N)c1. The van der Waals surface area contributed by atoms with Crippen molar-refractivity contribution in [1.82, 2.24) is 0 Å². The minimum Gasteiger partial charge on any atom is -0.380 e. The third-order valence-electron chi connectivity index (χ3n) is 4.04. The van der Waals surface area contributed by atoms with Crippen LogP contribution in [0.15, 0.2) is 24.3 Å². The molecule has 1 amide bonds. The van der Waals surface area contributed by atoms with Gasteiger partial charge in [-0.2, -0.15) is 0 Å². The lowest BCUT2D eigenvalue weighted by Gasteiger charge is -2.27. The highest BCUT2D eigenvalue weighted by molar-refractivity contribution is 5.95. The van der Waals surface area contributed by atoms with Crippen LogP contribution in [0.5, 0.6) is 0 Å². The molecule has 1 aliphatic carbocycles. The molecule has 0 saturated heterocycles. The standard InChI is InChI=1S/C15H22N2O2/c1-15(8-4-7-13(15)16)14(18)17-12-6-3-5-11(9-12)10-19-2/h3,5-6,9,13H,4,7-8,10,16H2,1-2H3,(H,17,18). The average Bonchev–Trinajstić information content (AvgIpc) is 2.72. The molecule has 0 aliphatic heterocycles. The summed E-state index contributed by atoms with van der Waals surface area (Å²) >= 11 is 0. The van der Waals surface area contributed by atoms with Gasteiger partial charge >= 0.3 is 0 Å². The highest BCUT2D eigenvalue weighted by atomic mass is 16.5. The van der Waals surface area contributed by atoms with Gasteiger partial charge in [0.15, 0.2) is 0 Å². The third-order valence-corrected chi connectivity index (χ3v) is 4.04. The maximum atomic E-state index is 12.4. The summed E-state index contributed by atoms with van der Waals surface area (Å²) in [7, 11) is 1.66. The van der Waals surface area contributed by atoms with Crippen molar-refractivity contribution in [2.45, 2.75) is 38.8 Å². The normalized spacial score (nSPS) is 26.4. The molecule has 19 heavy (non-hydrogen) atoms. The minimum absolute atomic E-state index is 0.0204. The van der Waals surface area contributed by atoms with E-state index in [0.717, 1.165) is 30.5 Å². The summed E-state index contributed by atoms with van der Waals surface area (Å²) in [4.78, 5) is 12.4. The Morgan fingerprint density at radius 1 is 1.58 bits per heavy atom. The van der Waals surface area contributed by atoms with Gasteiger partial charge in [-0.3, -0.25) is 4.79 Å². The van der Waals surface area contributed by atoms with Crippen LogP contribution in [0.2, 0.25) is 0 Å². The van der Waals surface area contributed by atoms with Crippen molar-refractivity contribution in [2.75, 3.05) is 12.4 Å². The predicted molar refractivity (Wildman–Crippen MR) is 75.7 cm³/mol. The molecule has 4 heteroatoms. The number of hydrogen-bond donors (Lipinski definition) is 2. The first-order valence-corrected chi connectivity index (χ1v) is 6.71. The zero-order valence-corrected chi connectivity index (χ0v) is 11.6. The number of rotatable bonds is 4. The van der Waals surface area contributed by atoms with Crippen LogP contribution >= 0.6 is 0 Å². The van der Waals surface area contributed by atoms with E-state index in [9.17, 15) is 4.79 Å². The number of nitrogens with one attached hydrogen (secondary N) is 1. The monoisotopic (exact) mass is 262 g/mol. The summed E-state index contributed by atoms with van der Waals surface area (Å²) in [5, 5.41) is 2.98. The molecule has 0 radical (unpaired) electrons. The van der Waals surface area contributed by atoms with Crippen LogP contribution in [-0.4, -0.2) is 19.1 Å². The first-order chi connectivity index (χ1) is 9.06. The second-order valence-electron chi connectivity index (χ2n) is 5.50. The quantitative estimate of drug-likeness (QED) is 0.875. The fraction of sp³-hybridized carbons (Fsp3) is 0.533. The second kappa shape index (κ2) is 5.72. The van der Waals surface area contributed by atoms with Crippen molar-refractivity contribution in [2.24, 2.45) is 11.1 Å². The van der Waals surface area contributed by atoms with Gasteiger partial charge in [0.2, 0.25) is 5.91 Å². The second-order valence-corrected chi connectivity index (χ2v) is 5.50. The molecule has 104 valence electrons. The van der Waals surface area contributed by atoms with Gasteiger partial charge in [-0.05, 0) is 37.5 Å². The Kier molecular flexibility index (Phi) is 4.22. The van der Waals surface area contributed by atoms with E-state index in [0.29, 0.717) is 6.61 Å². The molecule has 1 saturated carbocycles. The van der Waals surface area contributed by atoms with Gasteiger partial charge in [0.1, 0.15) is 0 Å². The molecule has 0 heterocycles. The Morgan fingerprint density at radius 3 is 3.00 bits per heavy atom. The van der Waals surface area contributed by atoms with E-state index in [2.05, 4.69) is 5.32 Å². The molecule has 0 bridgehead atoms. The van der Waals surface area contributed by atoms with Gasteiger partial charge in [-0.1, -0.05) is 18.6 Å². The molecule has 3 N–H and O–H groups in total. The molecule has 0 aromatic heterocycles. The summed E-state index contributed by atoms with van der Waals surface area (Å²) in [6.45, 7) is 2.50. The predicted octanol–water partition coefficient (Wildman–Crippen LogP) is 2.29. The lowest BCUT2D eigenvalue weighted by Crippen LogP contribution is -2.44. The Morgan fingerprint density at radius 2 is 2.37 bits per heavy atom. The number of amides is 1. The lowest BCUT2D eigenvalue weighted by molar-refractivity contribution is -0.125. The Labute approximate surface area is 114 Å². The Bertz CT molecular complexity index is 461. The molecular weight excluding hydrogens is 240 g/mol. The summed E-state index contributed by atoms with van der Waals surface area (Å²) in [6, 6.07) is 7.67. The van der Waals surface area contributed by atoms with Gasteiger partial charge in [0, 0.05) is 18.8 Å². The van der Waals surface area contributed by atoms with E-state index in [-0.39, 0.29) is 11.9 Å². The van der Waals surface area contributed by atoms with Gasteiger partial charge < -0.3 is 15.8 Å². The van der Waals surface area contributed by atoms with Crippen molar-refractivity contribution in [3.63, 3.8) is 0 Å². The maximum Gasteiger partial charge on any atom is 0.231 e. The number of nitrogens with two attached hydrogens (primary N) is 1. The number of hydrogen-bond acceptors (Lipinski definition) is 3. The summed E-state index contributed by atoms with van der Waals surface area (Å²) in [5.74, 6) is 0.0204. The summed E-state index contributed by atoms with van der Waals surface area (Å²) < 4.78 is 5.09. The van der Waals surface area contributed by atoms with Crippen molar-refractivity contribution < 1.29 is 9.53 Å². The zero-order chi connectivity index (χ0) is 13.9. The molecule has 4 nitrogen and oxygen atoms in total. The molecule has 2 rings (SSSR count). The molecule has 1 fully saturated rings. The van der Waals surface area contributed by atoms with Crippen LogP contribution < -0.4 is 11.1 Å². The first-order valence-electron chi connectivity index (χ1n) is 6.71. The van der Waals surface area contributed by atoms with Crippen LogP contribution in [0, 0.1) is 5.41 Å². The molecule has 2 atom stereocenters. The van der Waals surface area contributed by atoms with Gasteiger partial charge in [0.05, 0.1) is 12.0 Å². The molecule has 2 unspecified atom stereocenters. The van der Waals surface area contributed by atoms with Crippen molar-refractivity contribution in [1.29, 1.82) is 0 Å². The maximum absolute atomic E-state index is 12.4. The number of carbonyl (C=O) groups is 1. The van der Waals surface area contributed by atoms with Crippen molar-refractivity contribution >= 4 is 11.6 Å². The van der Waals surface area contributed by atoms with E-state index in [1.807, 2.05) is 31.2 Å². The number of anilines is 1. The van der Waals surface area contributed by atoms with E-state index in [4.69, 9.17) is 10.5 Å². The Hall–Kier alpha value is -1.39. The molecular formula is C15H22N2O2. The minimum atomic E-state index is -0.447. The van der Waals surface area contributed by atoms with Gasteiger partial charge in [-0.15, -0.1) is 0 Å². The van der Waals surface area contributed by atoms with Gasteiger partial charge in [0.25, 0.3) is 0 Å². The molecule has 0 spiro atoms. The number of benzene rings is 1. The van der Waals surface area contributed by atoms with Crippen LogP contribution in [0.25, 0.3) is 0 Å². The lowest BCUT2D eigenvalue weighted by atomic mass is 9.84. The van der Waals surface area contributed by atoms with Crippen molar-refractivity contribution in [3.05, 3.63) is 29.8 Å². The van der Waals surface area contributed by atoms with Crippen LogP contribution in [0.4, 0.5) is 5.69 Å². The van der Waals surface area contributed by atoms with E-state index in [1.165, 1.54) is 0 Å². The highest BCUT2D eigenvalue weighted by Gasteiger charge is 2.42. The summed E-state index contributed by atoms with van der Waals surface area (Å²) in [5.41, 5.74) is 7.47. The molecule has 1 aliphatic rings. The first kappa shape index (κ1) is 14.0. The smallest absolute Gasteiger partial charge is 0.231 e. The molecule has 1 aromatic rings. The molecule has 1 aromatic carbocycles. The number of methoxy groups -OCH3 is 1. The summed E-state index contributed by atoms with van der Waals surface area (Å²) in [6.07, 6.45) is 2.81. The van der Waals surface area contributed by atoms with Crippen LogP contribution in [0.1, 0.15) is 31.7 Å². The Balaban J connectivity index is 2.08. The van der Waals surface area contributed by atoms with E-state index < -0.39 is 5.41 Å². The highest BCUT2D eigenvalue weighted by Crippen LogP contribution is 2.37. The third kappa shape index (κ3) is 2.96. The fourth-order valence-electron chi connectivity index (χ4n) is 2.65. The zero-order valence-electron chi connectivity index (χ0n) is 11.6. The van der Waals surface area contributed by atoms with Crippen LogP contribution in [0.3, 0.4) is 0 Å².